The van der Waals surface area contributed by atoms with Gasteiger partial charge in [0.05, 0.1) is 18.2 Å². The van der Waals surface area contributed by atoms with Crippen molar-refractivity contribution in [1.82, 2.24) is 0 Å². The Morgan fingerprint density at radius 3 is 2.36 bits per heavy atom. The first-order valence-electron chi connectivity index (χ1n) is 9.52. The fraction of sp³-hybridized carbons (Fsp3) is 0.409. The van der Waals surface area contributed by atoms with E-state index in [-0.39, 0.29) is 33.0 Å². The van der Waals surface area contributed by atoms with Crippen molar-refractivity contribution in [3.8, 4) is 11.5 Å². The second-order valence-electron chi connectivity index (χ2n) is 6.45. The van der Waals surface area contributed by atoms with Gasteiger partial charge in [-0.05, 0) is 52.1 Å². The Bertz CT molecular complexity index is 747. The summed E-state index contributed by atoms with van der Waals surface area (Å²) in [5, 5.41) is 1.39. The molecule has 0 aliphatic rings. The molecule has 0 aliphatic carbocycles. The van der Waals surface area contributed by atoms with Gasteiger partial charge in [0.25, 0.3) is 0 Å². The molecule has 0 aromatic heterocycles. The second-order valence-corrected chi connectivity index (χ2v) is 8.10. The third-order valence-electron chi connectivity index (χ3n) is 4.17. The summed E-state index contributed by atoms with van der Waals surface area (Å²) in [6.07, 6.45) is 4.13. The Morgan fingerprint density at radius 1 is 1.04 bits per heavy atom. The van der Waals surface area contributed by atoms with E-state index in [4.69, 9.17) is 21.1 Å². The molecule has 0 saturated carbocycles. The molecule has 3 nitrogen and oxygen atoms in total. The molecule has 1 atom stereocenters. The molecule has 0 bridgehead atoms. The molecule has 0 heterocycles. The van der Waals surface area contributed by atoms with Gasteiger partial charge >= 0.3 is 0 Å². The number of benzene rings is 2. The van der Waals surface area contributed by atoms with Crippen LogP contribution in [-0.2, 0) is 0 Å². The summed E-state index contributed by atoms with van der Waals surface area (Å²) in [5.74, 6) is 1.51. The summed E-state index contributed by atoms with van der Waals surface area (Å²) < 4.78 is 11.8. The molecule has 0 N–H and O–H groups in total. The van der Waals surface area contributed by atoms with Gasteiger partial charge in [-0.25, -0.2) is 0 Å². The molecule has 1 unspecified atom stereocenters. The van der Waals surface area contributed by atoms with Crippen LogP contribution in [0.4, 0.5) is 0 Å². The number of rotatable bonds is 11. The SMILES string of the molecule is CCCCOc1ccc(PC(=O)c2c(C)cccc2Cl)c(OCCCC)c1.[Li]. The largest absolute Gasteiger partial charge is 0.493 e. The topological polar surface area (TPSA) is 35.5 Å². The molecular formula is C22H28ClLiO3P. The van der Waals surface area contributed by atoms with Crippen LogP contribution in [0.25, 0.3) is 0 Å². The number of hydrogen-bond acceptors (Lipinski definition) is 3. The van der Waals surface area contributed by atoms with Crippen molar-refractivity contribution in [3.05, 3.63) is 52.5 Å². The van der Waals surface area contributed by atoms with E-state index < -0.39 is 0 Å². The first-order chi connectivity index (χ1) is 13.1. The molecule has 2 aromatic rings. The molecule has 0 aliphatic heterocycles. The maximum Gasteiger partial charge on any atom is 0.187 e. The molecule has 147 valence electrons. The molecular weight excluding hydrogens is 386 g/mol. The van der Waals surface area contributed by atoms with Crippen LogP contribution in [0.3, 0.4) is 0 Å². The molecule has 6 heteroatoms. The minimum atomic E-state index is -0.0459. The summed E-state index contributed by atoms with van der Waals surface area (Å²) in [7, 11) is -0.0459. The number of carbonyl (C=O) groups excluding carboxylic acids is 1. The zero-order valence-corrected chi connectivity index (χ0v) is 19.1. The first-order valence-corrected chi connectivity index (χ1v) is 10.9. The van der Waals surface area contributed by atoms with E-state index in [2.05, 4.69) is 13.8 Å². The van der Waals surface area contributed by atoms with Crippen LogP contribution in [0.15, 0.2) is 36.4 Å². The predicted octanol–water partition coefficient (Wildman–Crippen LogP) is 5.77. The van der Waals surface area contributed by atoms with Gasteiger partial charge in [-0.15, -0.1) is 0 Å². The van der Waals surface area contributed by atoms with Crippen LogP contribution in [0.1, 0.15) is 55.5 Å². The zero-order chi connectivity index (χ0) is 19.6. The van der Waals surface area contributed by atoms with E-state index in [1.807, 2.05) is 37.3 Å². The fourth-order valence-electron chi connectivity index (χ4n) is 2.58. The van der Waals surface area contributed by atoms with Crippen molar-refractivity contribution < 1.29 is 14.3 Å². The van der Waals surface area contributed by atoms with Crippen molar-refractivity contribution in [2.45, 2.75) is 46.5 Å². The van der Waals surface area contributed by atoms with Gasteiger partial charge in [0.15, 0.2) is 5.52 Å². The van der Waals surface area contributed by atoms with Crippen molar-refractivity contribution in [2.24, 2.45) is 0 Å². The van der Waals surface area contributed by atoms with Gasteiger partial charge in [-0.1, -0.05) is 50.4 Å². The molecule has 2 aromatic carbocycles. The van der Waals surface area contributed by atoms with Gasteiger partial charge in [-0.3, -0.25) is 4.79 Å². The molecule has 2 rings (SSSR count). The monoisotopic (exact) mass is 413 g/mol. The Labute approximate surface area is 187 Å². The number of halogens is 1. The van der Waals surface area contributed by atoms with Gasteiger partial charge in [0.2, 0.25) is 0 Å². The number of carbonyl (C=O) groups is 1. The maximum atomic E-state index is 12.9. The third kappa shape index (κ3) is 7.45. The molecule has 0 fully saturated rings. The van der Waals surface area contributed by atoms with Crippen molar-refractivity contribution >= 4 is 49.9 Å². The van der Waals surface area contributed by atoms with Crippen LogP contribution in [0, 0.1) is 6.92 Å². The van der Waals surface area contributed by atoms with Crippen LogP contribution in [0.2, 0.25) is 5.02 Å². The van der Waals surface area contributed by atoms with E-state index in [0.717, 1.165) is 48.1 Å². The second kappa shape index (κ2) is 13.3. The zero-order valence-electron chi connectivity index (χ0n) is 17.3. The summed E-state index contributed by atoms with van der Waals surface area (Å²) in [6, 6.07) is 11.3. The molecule has 0 saturated heterocycles. The van der Waals surface area contributed by atoms with Crippen molar-refractivity contribution in [2.75, 3.05) is 13.2 Å². The predicted molar refractivity (Wildman–Crippen MR) is 121 cm³/mol. The summed E-state index contributed by atoms with van der Waals surface area (Å²) >= 11 is 6.26. The number of unbranched alkanes of at least 4 members (excludes halogenated alkanes) is 2. The number of hydrogen-bond donors (Lipinski definition) is 0. The van der Waals surface area contributed by atoms with E-state index in [1.54, 1.807) is 6.07 Å². The summed E-state index contributed by atoms with van der Waals surface area (Å²) in [4.78, 5) is 12.9. The maximum absolute atomic E-state index is 12.9. The van der Waals surface area contributed by atoms with E-state index in [0.29, 0.717) is 23.8 Å². The Balaban J connectivity index is 0.00000392. The quantitative estimate of drug-likeness (QED) is 0.266. The number of ether oxygens (including phenoxy) is 2. The average Bonchev–Trinajstić information content (AvgIpc) is 2.64. The minimum Gasteiger partial charge on any atom is -0.493 e. The third-order valence-corrected chi connectivity index (χ3v) is 5.65. The molecule has 0 spiro atoms. The van der Waals surface area contributed by atoms with Crippen LogP contribution >= 0.6 is 20.2 Å². The standard InChI is InChI=1S/C22H28ClO3P.Li/c1-4-6-13-25-17-11-12-20(19(15-17)26-14-7-5-2)27-22(24)21-16(3)9-8-10-18(21)23;/h8-12,15,27H,4-7,13-14H2,1-3H3;. The normalized spacial score (nSPS) is 10.7. The van der Waals surface area contributed by atoms with Gasteiger partial charge in [-0.2, -0.15) is 0 Å². The molecule has 0 amide bonds. The smallest absolute Gasteiger partial charge is 0.187 e. The average molecular weight is 414 g/mol. The van der Waals surface area contributed by atoms with E-state index >= 15 is 0 Å². The summed E-state index contributed by atoms with van der Waals surface area (Å²) in [5.41, 5.74) is 1.52. The first kappa shape index (κ1) is 25.1. The molecule has 1 radical (unpaired) electrons. The van der Waals surface area contributed by atoms with E-state index in [9.17, 15) is 4.79 Å². The summed E-state index contributed by atoms with van der Waals surface area (Å²) in [6.45, 7) is 7.48. The number of aryl methyl sites for hydroxylation is 1. The minimum absolute atomic E-state index is 0. The van der Waals surface area contributed by atoms with Crippen LogP contribution in [-0.4, -0.2) is 37.6 Å². The van der Waals surface area contributed by atoms with Crippen molar-refractivity contribution in [3.63, 3.8) is 0 Å². The van der Waals surface area contributed by atoms with Crippen LogP contribution in [0.5, 0.6) is 11.5 Å². The fourth-order valence-corrected chi connectivity index (χ4v) is 4.10. The Hall–Kier alpha value is -0.973. The molecule has 28 heavy (non-hydrogen) atoms. The van der Waals surface area contributed by atoms with E-state index in [1.165, 1.54) is 0 Å². The Kier molecular flexibility index (Phi) is 11.9. The van der Waals surface area contributed by atoms with Gasteiger partial charge in [0.1, 0.15) is 11.5 Å². The van der Waals surface area contributed by atoms with Gasteiger partial charge in [0, 0.05) is 35.8 Å². The van der Waals surface area contributed by atoms with Gasteiger partial charge < -0.3 is 9.47 Å². The Morgan fingerprint density at radius 2 is 1.71 bits per heavy atom. The van der Waals surface area contributed by atoms with Crippen LogP contribution < -0.4 is 14.8 Å². The van der Waals surface area contributed by atoms with Crippen molar-refractivity contribution in [1.29, 1.82) is 0 Å².